The molecule has 0 bridgehead atoms. The van der Waals surface area contributed by atoms with Crippen molar-refractivity contribution in [2.24, 2.45) is 0 Å². The van der Waals surface area contributed by atoms with Crippen LogP contribution in [0.2, 0.25) is 5.15 Å². The molecule has 0 spiro atoms. The molecule has 1 heterocycles. The topological polar surface area (TPSA) is 37.8 Å². The van der Waals surface area contributed by atoms with E-state index in [-0.39, 0.29) is 11.0 Å². The molecule has 8 heteroatoms. The maximum absolute atomic E-state index is 13.1. The molecule has 0 saturated heterocycles. The van der Waals surface area contributed by atoms with Crippen LogP contribution in [-0.2, 0) is 6.18 Å². The molecule has 0 fully saturated rings. The molecule has 3 nitrogen and oxygen atoms in total. The van der Waals surface area contributed by atoms with Gasteiger partial charge in [-0.15, -0.1) is 0 Å². The van der Waals surface area contributed by atoms with E-state index in [0.29, 0.717) is 11.3 Å². The van der Waals surface area contributed by atoms with Crippen LogP contribution in [0.15, 0.2) is 24.3 Å². The summed E-state index contributed by atoms with van der Waals surface area (Å²) in [6, 6.07) is 5.01. The molecule has 1 N–H and O–H groups in total. The fourth-order valence-electron chi connectivity index (χ4n) is 1.48. The summed E-state index contributed by atoms with van der Waals surface area (Å²) >= 11 is 5.53. The van der Waals surface area contributed by atoms with Gasteiger partial charge in [-0.2, -0.15) is 13.2 Å². The van der Waals surface area contributed by atoms with Crippen molar-refractivity contribution in [2.75, 3.05) is 5.32 Å². The van der Waals surface area contributed by atoms with Crippen molar-refractivity contribution in [3.8, 4) is 0 Å². The van der Waals surface area contributed by atoms with Gasteiger partial charge in [-0.1, -0.05) is 17.7 Å². The first-order valence-corrected chi connectivity index (χ1v) is 5.78. The summed E-state index contributed by atoms with van der Waals surface area (Å²) < 4.78 is 50.8. The van der Waals surface area contributed by atoms with Crippen LogP contribution in [0.25, 0.3) is 0 Å². The minimum absolute atomic E-state index is 0.161. The monoisotopic (exact) mass is 305 g/mol. The van der Waals surface area contributed by atoms with E-state index in [4.69, 9.17) is 11.6 Å². The molecule has 0 unspecified atom stereocenters. The van der Waals surface area contributed by atoms with Crippen LogP contribution in [0.3, 0.4) is 0 Å². The van der Waals surface area contributed by atoms with E-state index >= 15 is 0 Å². The highest BCUT2D eigenvalue weighted by atomic mass is 35.5. The Kier molecular flexibility index (Phi) is 3.80. The summed E-state index contributed by atoms with van der Waals surface area (Å²) in [7, 11) is 0. The zero-order chi connectivity index (χ0) is 14.9. The molecule has 2 rings (SSSR count). The summed E-state index contributed by atoms with van der Waals surface area (Å²) in [5.41, 5.74) is 0.947. The summed E-state index contributed by atoms with van der Waals surface area (Å²) in [6.45, 7) is 1.68. The number of anilines is 2. The van der Waals surface area contributed by atoms with Gasteiger partial charge in [-0.3, -0.25) is 0 Å². The quantitative estimate of drug-likeness (QED) is 0.662. The molecule has 0 atom stereocenters. The third-order valence-electron chi connectivity index (χ3n) is 2.41. The van der Waals surface area contributed by atoms with Crippen molar-refractivity contribution < 1.29 is 17.6 Å². The molecule has 106 valence electrons. The van der Waals surface area contributed by atoms with Crippen molar-refractivity contribution in [1.82, 2.24) is 9.97 Å². The van der Waals surface area contributed by atoms with Crippen LogP contribution < -0.4 is 5.32 Å². The van der Waals surface area contributed by atoms with E-state index in [1.54, 1.807) is 6.92 Å². The van der Waals surface area contributed by atoms with Gasteiger partial charge in [0.1, 0.15) is 16.8 Å². The fourth-order valence-corrected chi connectivity index (χ4v) is 1.66. The minimum atomic E-state index is -4.71. The Hall–Kier alpha value is -1.89. The van der Waals surface area contributed by atoms with E-state index < -0.39 is 17.8 Å². The fraction of sp³-hybridized carbons (Fsp3) is 0.167. The van der Waals surface area contributed by atoms with E-state index in [1.807, 2.05) is 0 Å². The van der Waals surface area contributed by atoms with E-state index in [2.05, 4.69) is 15.3 Å². The zero-order valence-electron chi connectivity index (χ0n) is 10.1. The van der Waals surface area contributed by atoms with Crippen LogP contribution in [0.4, 0.5) is 29.1 Å². The van der Waals surface area contributed by atoms with Crippen molar-refractivity contribution in [2.45, 2.75) is 13.1 Å². The predicted octanol–water partition coefficient (Wildman–Crippen LogP) is 4.34. The highest BCUT2D eigenvalue weighted by Crippen LogP contribution is 2.29. The summed E-state index contributed by atoms with van der Waals surface area (Å²) in [5, 5.41) is 2.23. The maximum Gasteiger partial charge on any atom is 0.451 e. The van der Waals surface area contributed by atoms with Crippen molar-refractivity contribution in [3.63, 3.8) is 0 Å². The van der Waals surface area contributed by atoms with E-state index in [0.717, 1.165) is 12.1 Å². The van der Waals surface area contributed by atoms with Crippen LogP contribution in [0.1, 0.15) is 11.4 Å². The second-order valence-electron chi connectivity index (χ2n) is 3.98. The first-order chi connectivity index (χ1) is 9.25. The number of rotatable bonds is 2. The summed E-state index contributed by atoms with van der Waals surface area (Å²) in [4.78, 5) is 6.42. The van der Waals surface area contributed by atoms with Crippen LogP contribution in [0, 0.1) is 12.7 Å². The lowest BCUT2D eigenvalue weighted by molar-refractivity contribution is -0.144. The number of halogens is 5. The first-order valence-electron chi connectivity index (χ1n) is 5.40. The van der Waals surface area contributed by atoms with Crippen LogP contribution in [-0.4, -0.2) is 9.97 Å². The molecule has 0 amide bonds. The molecule has 1 aromatic carbocycles. The molecule has 20 heavy (non-hydrogen) atoms. The van der Waals surface area contributed by atoms with Gasteiger partial charge in [-0.05, 0) is 24.6 Å². The molecular weight excluding hydrogens is 298 g/mol. The number of aryl methyl sites for hydroxylation is 1. The van der Waals surface area contributed by atoms with Crippen LogP contribution >= 0.6 is 11.6 Å². The maximum atomic E-state index is 13.1. The highest BCUT2D eigenvalue weighted by Gasteiger charge is 2.35. The number of benzene rings is 1. The summed E-state index contributed by atoms with van der Waals surface area (Å²) in [5.74, 6) is -2.04. The molecule has 0 aliphatic carbocycles. The number of hydrogen-bond acceptors (Lipinski definition) is 3. The molecule has 0 aliphatic heterocycles. The van der Waals surface area contributed by atoms with Gasteiger partial charge in [0.05, 0.1) is 0 Å². The van der Waals surface area contributed by atoms with Gasteiger partial charge in [0.15, 0.2) is 0 Å². The lowest BCUT2D eigenvalue weighted by Crippen LogP contribution is -2.12. The zero-order valence-corrected chi connectivity index (χ0v) is 10.8. The van der Waals surface area contributed by atoms with Gasteiger partial charge < -0.3 is 5.32 Å². The average molecular weight is 306 g/mol. The minimum Gasteiger partial charge on any atom is -0.340 e. The molecule has 0 saturated carbocycles. The normalized spacial score (nSPS) is 11.5. The lowest BCUT2D eigenvalue weighted by atomic mass is 10.2. The van der Waals surface area contributed by atoms with Gasteiger partial charge in [-0.25, -0.2) is 14.4 Å². The Morgan fingerprint density at radius 3 is 2.50 bits per heavy atom. The number of nitrogens with zero attached hydrogens (tertiary/aromatic N) is 2. The predicted molar refractivity (Wildman–Crippen MR) is 66.5 cm³/mol. The second-order valence-corrected chi connectivity index (χ2v) is 4.37. The lowest BCUT2D eigenvalue weighted by Gasteiger charge is -2.11. The first kappa shape index (κ1) is 14.5. The molecule has 2 aromatic rings. The smallest absolute Gasteiger partial charge is 0.340 e. The highest BCUT2D eigenvalue weighted by molar-refractivity contribution is 6.29. The van der Waals surface area contributed by atoms with Gasteiger partial charge in [0.2, 0.25) is 5.82 Å². The molecule has 0 radical (unpaired) electrons. The van der Waals surface area contributed by atoms with Crippen molar-refractivity contribution in [3.05, 3.63) is 46.6 Å². The largest absolute Gasteiger partial charge is 0.451 e. The van der Waals surface area contributed by atoms with Crippen LogP contribution in [0.5, 0.6) is 0 Å². The second kappa shape index (κ2) is 5.24. The SMILES string of the molecule is Cc1ccc(F)cc1Nc1cc(Cl)nc(C(F)(F)F)n1. The summed E-state index contributed by atoms with van der Waals surface area (Å²) in [6.07, 6.45) is -4.71. The van der Waals surface area contributed by atoms with Gasteiger partial charge in [0, 0.05) is 11.8 Å². The molecule has 0 aliphatic rings. The van der Waals surface area contributed by atoms with Gasteiger partial charge in [0.25, 0.3) is 0 Å². The standard InChI is InChI=1S/C12H8ClF4N3/c1-6-2-3-7(14)4-8(6)18-10-5-9(13)19-11(20-10)12(15,16)17/h2-5H,1H3,(H,18,19,20). The Balaban J connectivity index is 2.39. The number of nitrogens with one attached hydrogen (secondary N) is 1. The Morgan fingerprint density at radius 2 is 1.85 bits per heavy atom. The third-order valence-corrected chi connectivity index (χ3v) is 2.60. The third kappa shape index (κ3) is 3.36. The Bertz CT molecular complexity index is 643. The van der Waals surface area contributed by atoms with Gasteiger partial charge >= 0.3 is 6.18 Å². The van der Waals surface area contributed by atoms with E-state index in [9.17, 15) is 17.6 Å². The molecule has 1 aromatic heterocycles. The average Bonchev–Trinajstić information content (AvgIpc) is 2.32. The van der Waals surface area contributed by atoms with E-state index in [1.165, 1.54) is 12.1 Å². The Labute approximate surface area is 116 Å². The van der Waals surface area contributed by atoms with Crippen molar-refractivity contribution in [1.29, 1.82) is 0 Å². The number of hydrogen-bond donors (Lipinski definition) is 1. The van der Waals surface area contributed by atoms with Crippen molar-refractivity contribution >= 4 is 23.1 Å². The molecular formula is C12H8ClF4N3. The number of alkyl halides is 3. The number of aromatic nitrogens is 2. The Morgan fingerprint density at radius 1 is 1.15 bits per heavy atom.